The Labute approximate surface area is 100 Å². The third-order valence-corrected chi connectivity index (χ3v) is 3.19. The fourth-order valence-electron chi connectivity index (χ4n) is 2.18. The maximum atomic E-state index is 12.2. The second-order valence-corrected chi connectivity index (χ2v) is 4.29. The van der Waals surface area contributed by atoms with Gasteiger partial charge in [0.15, 0.2) is 5.82 Å². The molecule has 1 aliphatic rings. The second kappa shape index (κ2) is 5.09. The summed E-state index contributed by atoms with van der Waals surface area (Å²) in [7, 11) is 1.82. The van der Waals surface area contributed by atoms with E-state index in [2.05, 4.69) is 15.4 Å². The lowest BCUT2D eigenvalue weighted by Crippen LogP contribution is -2.35. The molecule has 3 N–H and O–H groups in total. The normalized spacial score (nSPS) is 15.9. The van der Waals surface area contributed by atoms with Crippen molar-refractivity contribution < 1.29 is 4.79 Å². The van der Waals surface area contributed by atoms with Crippen molar-refractivity contribution in [3.63, 3.8) is 0 Å². The Kier molecular flexibility index (Phi) is 3.53. The summed E-state index contributed by atoms with van der Waals surface area (Å²) in [6.45, 7) is 0. The lowest BCUT2D eigenvalue weighted by atomic mass is 10.2. The summed E-state index contributed by atoms with van der Waals surface area (Å²) in [5, 5.41) is 0. The number of nitrogens with two attached hydrogens (primary N) is 1. The standard InChI is InChI=1S/C11H17N5O/c1-16(8-4-2-3-5-8)11(17)9-6-13-7-10(14-9)15-12/h6-8H,2-5,12H2,1H3,(H,14,15). The minimum Gasteiger partial charge on any atom is -0.337 e. The molecule has 0 aliphatic heterocycles. The van der Waals surface area contributed by atoms with Gasteiger partial charge < -0.3 is 10.3 Å². The lowest BCUT2D eigenvalue weighted by Gasteiger charge is -2.23. The number of hydrazine groups is 1. The van der Waals surface area contributed by atoms with E-state index in [-0.39, 0.29) is 5.91 Å². The van der Waals surface area contributed by atoms with E-state index in [0.29, 0.717) is 17.6 Å². The van der Waals surface area contributed by atoms with Crippen molar-refractivity contribution in [3.05, 3.63) is 18.1 Å². The molecule has 1 aromatic rings. The zero-order chi connectivity index (χ0) is 12.3. The van der Waals surface area contributed by atoms with Crippen LogP contribution in [-0.4, -0.2) is 33.9 Å². The molecule has 0 aromatic carbocycles. The van der Waals surface area contributed by atoms with Gasteiger partial charge in [-0.25, -0.2) is 10.8 Å². The molecule has 1 amide bonds. The molecule has 1 aliphatic carbocycles. The van der Waals surface area contributed by atoms with Crippen LogP contribution in [0.15, 0.2) is 12.4 Å². The van der Waals surface area contributed by atoms with Crippen LogP contribution in [0.1, 0.15) is 36.2 Å². The van der Waals surface area contributed by atoms with Crippen molar-refractivity contribution in [2.75, 3.05) is 12.5 Å². The topological polar surface area (TPSA) is 84.1 Å². The predicted octanol–water partition coefficient (Wildman–Crippen LogP) is 0.777. The molecule has 0 unspecified atom stereocenters. The number of hydrogen-bond donors (Lipinski definition) is 2. The number of nitrogens with one attached hydrogen (secondary N) is 1. The second-order valence-electron chi connectivity index (χ2n) is 4.29. The summed E-state index contributed by atoms with van der Waals surface area (Å²) in [5.41, 5.74) is 2.71. The van der Waals surface area contributed by atoms with Crippen molar-refractivity contribution in [2.45, 2.75) is 31.7 Å². The van der Waals surface area contributed by atoms with Crippen LogP contribution >= 0.6 is 0 Å². The fourth-order valence-corrected chi connectivity index (χ4v) is 2.18. The van der Waals surface area contributed by atoms with Crippen LogP contribution in [0.4, 0.5) is 5.82 Å². The van der Waals surface area contributed by atoms with Crippen molar-refractivity contribution >= 4 is 11.7 Å². The molecule has 1 aromatic heterocycles. The number of carbonyl (C=O) groups is 1. The zero-order valence-electron chi connectivity index (χ0n) is 9.89. The van der Waals surface area contributed by atoms with Crippen molar-refractivity contribution in [1.29, 1.82) is 0 Å². The van der Waals surface area contributed by atoms with Crippen molar-refractivity contribution in [3.8, 4) is 0 Å². The highest BCUT2D eigenvalue weighted by atomic mass is 16.2. The number of hydrogen-bond acceptors (Lipinski definition) is 5. The SMILES string of the molecule is CN(C(=O)c1cncc(NN)n1)C1CCCC1. The van der Waals surface area contributed by atoms with E-state index in [0.717, 1.165) is 12.8 Å². The summed E-state index contributed by atoms with van der Waals surface area (Å²) < 4.78 is 0. The predicted molar refractivity (Wildman–Crippen MR) is 64.2 cm³/mol. The van der Waals surface area contributed by atoms with Crippen LogP contribution < -0.4 is 11.3 Å². The maximum Gasteiger partial charge on any atom is 0.274 e. The smallest absolute Gasteiger partial charge is 0.274 e. The number of amides is 1. The Morgan fingerprint density at radius 1 is 1.47 bits per heavy atom. The number of nitrogens with zero attached hydrogens (tertiary/aromatic N) is 3. The van der Waals surface area contributed by atoms with Crippen LogP contribution in [0, 0.1) is 0 Å². The summed E-state index contributed by atoms with van der Waals surface area (Å²) in [5.74, 6) is 5.54. The number of aromatic nitrogens is 2. The minimum atomic E-state index is -0.0958. The first kappa shape index (κ1) is 11.8. The van der Waals surface area contributed by atoms with Gasteiger partial charge in [-0.1, -0.05) is 12.8 Å². The molecular formula is C11H17N5O. The lowest BCUT2D eigenvalue weighted by molar-refractivity contribution is 0.0729. The Balaban J connectivity index is 2.12. The Bertz CT molecular complexity index is 403. The highest BCUT2D eigenvalue weighted by Crippen LogP contribution is 2.23. The van der Waals surface area contributed by atoms with Gasteiger partial charge in [0.25, 0.3) is 5.91 Å². The van der Waals surface area contributed by atoms with Crippen molar-refractivity contribution in [2.24, 2.45) is 5.84 Å². The average molecular weight is 235 g/mol. The molecule has 0 radical (unpaired) electrons. The molecule has 2 rings (SSSR count). The molecule has 0 spiro atoms. The molecule has 1 heterocycles. The van der Waals surface area contributed by atoms with Crippen LogP contribution in [0.3, 0.4) is 0 Å². The van der Waals surface area contributed by atoms with E-state index < -0.39 is 0 Å². The highest BCUT2D eigenvalue weighted by molar-refractivity contribution is 5.92. The monoisotopic (exact) mass is 235 g/mol. The van der Waals surface area contributed by atoms with Crippen LogP contribution in [0.25, 0.3) is 0 Å². The van der Waals surface area contributed by atoms with Gasteiger partial charge in [0, 0.05) is 13.1 Å². The van der Waals surface area contributed by atoms with Gasteiger partial charge in [-0.05, 0) is 12.8 Å². The molecule has 0 saturated heterocycles. The molecule has 1 saturated carbocycles. The van der Waals surface area contributed by atoms with E-state index in [1.807, 2.05) is 7.05 Å². The van der Waals surface area contributed by atoms with Crippen LogP contribution in [-0.2, 0) is 0 Å². The number of rotatable bonds is 3. The van der Waals surface area contributed by atoms with Gasteiger partial charge in [0.1, 0.15) is 5.69 Å². The first-order valence-corrected chi connectivity index (χ1v) is 5.78. The number of anilines is 1. The number of nitrogen functional groups attached to an aromatic ring is 1. The minimum absolute atomic E-state index is 0.0958. The van der Waals surface area contributed by atoms with Gasteiger partial charge in [0.05, 0.1) is 12.4 Å². The van der Waals surface area contributed by atoms with Gasteiger partial charge in [-0.15, -0.1) is 0 Å². The molecular weight excluding hydrogens is 218 g/mol. The molecule has 6 nitrogen and oxygen atoms in total. The zero-order valence-corrected chi connectivity index (χ0v) is 9.89. The van der Waals surface area contributed by atoms with Gasteiger partial charge in [0.2, 0.25) is 0 Å². The molecule has 0 atom stereocenters. The summed E-state index contributed by atoms with van der Waals surface area (Å²) in [6.07, 6.45) is 7.48. The van der Waals surface area contributed by atoms with Crippen molar-refractivity contribution in [1.82, 2.24) is 14.9 Å². The van der Waals surface area contributed by atoms with Gasteiger partial charge >= 0.3 is 0 Å². The van der Waals surface area contributed by atoms with E-state index in [1.54, 1.807) is 4.90 Å². The van der Waals surface area contributed by atoms with Crippen LogP contribution in [0.5, 0.6) is 0 Å². The van der Waals surface area contributed by atoms with Crippen LogP contribution in [0.2, 0.25) is 0 Å². The van der Waals surface area contributed by atoms with E-state index in [9.17, 15) is 4.79 Å². The van der Waals surface area contributed by atoms with E-state index in [4.69, 9.17) is 5.84 Å². The van der Waals surface area contributed by atoms with E-state index >= 15 is 0 Å². The van der Waals surface area contributed by atoms with Gasteiger partial charge in [-0.3, -0.25) is 9.78 Å². The Morgan fingerprint density at radius 2 is 2.18 bits per heavy atom. The molecule has 0 bridgehead atoms. The first-order valence-electron chi connectivity index (χ1n) is 5.78. The molecule has 92 valence electrons. The fraction of sp³-hybridized carbons (Fsp3) is 0.545. The first-order chi connectivity index (χ1) is 8.22. The van der Waals surface area contributed by atoms with Gasteiger partial charge in [-0.2, -0.15) is 0 Å². The van der Waals surface area contributed by atoms with E-state index in [1.165, 1.54) is 25.2 Å². The third kappa shape index (κ3) is 2.52. The maximum absolute atomic E-state index is 12.2. The Hall–Kier alpha value is -1.69. The molecule has 6 heteroatoms. The number of carbonyl (C=O) groups excluding carboxylic acids is 1. The molecule has 1 fully saturated rings. The summed E-state index contributed by atoms with van der Waals surface area (Å²) >= 11 is 0. The quantitative estimate of drug-likeness (QED) is 0.597. The molecule has 17 heavy (non-hydrogen) atoms. The summed E-state index contributed by atoms with van der Waals surface area (Å²) in [4.78, 5) is 21.9. The summed E-state index contributed by atoms with van der Waals surface area (Å²) in [6, 6.07) is 0.332. The third-order valence-electron chi connectivity index (χ3n) is 3.19. The Morgan fingerprint density at radius 3 is 2.82 bits per heavy atom. The largest absolute Gasteiger partial charge is 0.337 e. The highest BCUT2D eigenvalue weighted by Gasteiger charge is 2.25. The average Bonchev–Trinajstić information content (AvgIpc) is 2.91.